The smallest absolute Gasteiger partial charge is 0.358 e. The number of carboxylic acid groups (broad SMARTS) is 1. The standard InChI is InChI=1S/C13H19N3O3/c14-10-8-16(15-11(10)12(17)18)7-9-3-6-13(19-9)4-1-2-5-13/h8-9H,1-7,14H2,(H,17,18). The number of hydrogen-bond acceptors (Lipinski definition) is 4. The van der Waals surface area contributed by atoms with Gasteiger partial charge in [0.1, 0.15) is 0 Å². The molecule has 6 heteroatoms. The normalized spacial score (nSPS) is 25.2. The summed E-state index contributed by atoms with van der Waals surface area (Å²) >= 11 is 0. The number of aromatic carboxylic acids is 1. The molecule has 1 unspecified atom stereocenters. The molecule has 19 heavy (non-hydrogen) atoms. The van der Waals surface area contributed by atoms with Crippen LogP contribution in [0.2, 0.25) is 0 Å². The number of rotatable bonds is 3. The van der Waals surface area contributed by atoms with Crippen LogP contribution in [0, 0.1) is 0 Å². The van der Waals surface area contributed by atoms with Crippen molar-refractivity contribution in [3.8, 4) is 0 Å². The summed E-state index contributed by atoms with van der Waals surface area (Å²) in [5.74, 6) is -1.09. The van der Waals surface area contributed by atoms with E-state index >= 15 is 0 Å². The van der Waals surface area contributed by atoms with Gasteiger partial charge in [0.15, 0.2) is 5.69 Å². The maximum atomic E-state index is 10.9. The van der Waals surface area contributed by atoms with E-state index in [-0.39, 0.29) is 23.1 Å². The van der Waals surface area contributed by atoms with Crippen LogP contribution in [0.15, 0.2) is 6.20 Å². The van der Waals surface area contributed by atoms with Gasteiger partial charge in [0, 0.05) is 6.20 Å². The van der Waals surface area contributed by atoms with Gasteiger partial charge in [-0.25, -0.2) is 4.79 Å². The molecule has 1 atom stereocenters. The summed E-state index contributed by atoms with van der Waals surface area (Å²) in [7, 11) is 0. The van der Waals surface area contributed by atoms with Gasteiger partial charge in [-0.15, -0.1) is 0 Å². The van der Waals surface area contributed by atoms with Crippen LogP contribution < -0.4 is 5.73 Å². The zero-order valence-corrected chi connectivity index (χ0v) is 10.8. The first-order valence-electron chi connectivity index (χ1n) is 6.82. The van der Waals surface area contributed by atoms with Crippen molar-refractivity contribution < 1.29 is 14.6 Å². The lowest BCUT2D eigenvalue weighted by Gasteiger charge is -2.23. The summed E-state index contributed by atoms with van der Waals surface area (Å²) in [6, 6.07) is 0. The Balaban J connectivity index is 1.66. The second-order valence-electron chi connectivity index (χ2n) is 5.63. The molecule has 0 bridgehead atoms. The lowest BCUT2D eigenvalue weighted by molar-refractivity contribution is -0.0429. The summed E-state index contributed by atoms with van der Waals surface area (Å²) in [4.78, 5) is 10.9. The summed E-state index contributed by atoms with van der Waals surface area (Å²) in [5, 5.41) is 12.9. The molecule has 1 saturated carbocycles. The Hall–Kier alpha value is -1.56. The molecule has 2 fully saturated rings. The van der Waals surface area contributed by atoms with Gasteiger partial charge in [-0.3, -0.25) is 4.68 Å². The number of hydrogen-bond donors (Lipinski definition) is 2. The van der Waals surface area contributed by atoms with Gasteiger partial charge in [0.2, 0.25) is 0 Å². The molecule has 1 aliphatic heterocycles. The highest BCUT2D eigenvalue weighted by atomic mass is 16.5. The monoisotopic (exact) mass is 265 g/mol. The predicted molar refractivity (Wildman–Crippen MR) is 68.9 cm³/mol. The van der Waals surface area contributed by atoms with E-state index in [1.54, 1.807) is 10.9 Å². The van der Waals surface area contributed by atoms with Crippen LogP contribution in [-0.2, 0) is 11.3 Å². The highest BCUT2D eigenvalue weighted by molar-refractivity contribution is 5.91. The molecular weight excluding hydrogens is 246 g/mol. The van der Waals surface area contributed by atoms with Crippen LogP contribution in [0.3, 0.4) is 0 Å². The molecule has 1 aliphatic carbocycles. The van der Waals surface area contributed by atoms with Gasteiger partial charge in [-0.2, -0.15) is 5.10 Å². The molecule has 3 rings (SSSR count). The Labute approximate surface area is 111 Å². The number of carbonyl (C=O) groups is 1. The molecule has 0 radical (unpaired) electrons. The van der Waals surface area contributed by atoms with Crippen LogP contribution in [0.25, 0.3) is 0 Å². The molecule has 0 amide bonds. The number of aromatic nitrogens is 2. The largest absolute Gasteiger partial charge is 0.476 e. The molecule has 6 nitrogen and oxygen atoms in total. The molecule has 3 N–H and O–H groups in total. The predicted octanol–water partition coefficient (Wildman–Crippen LogP) is 1.66. The molecular formula is C13H19N3O3. The Morgan fingerprint density at radius 3 is 2.89 bits per heavy atom. The summed E-state index contributed by atoms with van der Waals surface area (Å²) in [6.45, 7) is 0.583. The Bertz CT molecular complexity index is 491. The Kier molecular flexibility index (Phi) is 2.97. The molecule has 104 valence electrons. The highest BCUT2D eigenvalue weighted by Gasteiger charge is 2.42. The Morgan fingerprint density at radius 2 is 2.26 bits per heavy atom. The third-order valence-electron chi connectivity index (χ3n) is 4.24. The average Bonchev–Trinajstić information content (AvgIpc) is 3.04. The first kappa shape index (κ1) is 12.5. The number of nitrogen functional groups attached to an aromatic ring is 1. The van der Waals surface area contributed by atoms with Crippen molar-refractivity contribution >= 4 is 11.7 Å². The third-order valence-corrected chi connectivity index (χ3v) is 4.24. The van der Waals surface area contributed by atoms with E-state index in [9.17, 15) is 4.79 Å². The van der Waals surface area contributed by atoms with E-state index in [1.807, 2.05) is 0 Å². The topological polar surface area (TPSA) is 90.4 Å². The van der Waals surface area contributed by atoms with Crippen molar-refractivity contribution in [3.63, 3.8) is 0 Å². The molecule has 1 spiro atoms. The summed E-state index contributed by atoms with van der Waals surface area (Å²) in [6.07, 6.45) is 8.65. The van der Waals surface area contributed by atoms with Crippen molar-refractivity contribution in [2.75, 3.05) is 5.73 Å². The van der Waals surface area contributed by atoms with E-state index in [1.165, 1.54) is 12.8 Å². The van der Waals surface area contributed by atoms with Gasteiger partial charge >= 0.3 is 5.97 Å². The first-order valence-corrected chi connectivity index (χ1v) is 6.82. The maximum absolute atomic E-state index is 10.9. The SMILES string of the molecule is Nc1cn(CC2CCC3(CCCC3)O2)nc1C(=O)O. The summed E-state index contributed by atoms with van der Waals surface area (Å²) < 4.78 is 7.77. The molecule has 2 aliphatic rings. The Morgan fingerprint density at radius 1 is 1.53 bits per heavy atom. The number of nitrogens with zero attached hydrogens (tertiary/aromatic N) is 2. The maximum Gasteiger partial charge on any atom is 0.358 e. The first-order chi connectivity index (χ1) is 9.08. The molecule has 1 aromatic heterocycles. The van der Waals surface area contributed by atoms with E-state index < -0.39 is 5.97 Å². The van der Waals surface area contributed by atoms with Crippen molar-refractivity contribution in [2.24, 2.45) is 0 Å². The number of carboxylic acids is 1. The van der Waals surface area contributed by atoms with E-state index in [0.717, 1.165) is 25.7 Å². The molecule has 0 aromatic carbocycles. The lowest BCUT2D eigenvalue weighted by Crippen LogP contribution is -2.26. The van der Waals surface area contributed by atoms with Crippen molar-refractivity contribution in [3.05, 3.63) is 11.9 Å². The van der Waals surface area contributed by atoms with Crippen LogP contribution in [0.1, 0.15) is 49.0 Å². The van der Waals surface area contributed by atoms with Crippen LogP contribution in [-0.4, -0.2) is 32.6 Å². The van der Waals surface area contributed by atoms with E-state index in [0.29, 0.717) is 6.54 Å². The molecule has 1 aromatic rings. The highest BCUT2D eigenvalue weighted by Crippen LogP contribution is 2.43. The lowest BCUT2D eigenvalue weighted by atomic mass is 9.98. The minimum atomic E-state index is -1.09. The van der Waals surface area contributed by atoms with Gasteiger partial charge < -0.3 is 15.6 Å². The second kappa shape index (κ2) is 4.52. The number of anilines is 1. The van der Waals surface area contributed by atoms with Crippen LogP contribution in [0.5, 0.6) is 0 Å². The molecule has 1 saturated heterocycles. The second-order valence-corrected chi connectivity index (χ2v) is 5.63. The van der Waals surface area contributed by atoms with Gasteiger partial charge in [-0.1, -0.05) is 12.8 Å². The minimum Gasteiger partial charge on any atom is -0.476 e. The molecule has 2 heterocycles. The zero-order valence-electron chi connectivity index (χ0n) is 10.8. The number of ether oxygens (including phenoxy) is 1. The minimum absolute atomic E-state index is 0.0754. The van der Waals surface area contributed by atoms with E-state index in [2.05, 4.69) is 5.10 Å². The van der Waals surface area contributed by atoms with Crippen LogP contribution in [0.4, 0.5) is 5.69 Å². The third kappa shape index (κ3) is 2.32. The zero-order chi connectivity index (χ0) is 13.5. The number of nitrogens with two attached hydrogens (primary N) is 1. The summed E-state index contributed by atoms with van der Waals surface area (Å²) in [5.41, 5.74) is 5.86. The fourth-order valence-electron chi connectivity index (χ4n) is 3.32. The van der Waals surface area contributed by atoms with Crippen LogP contribution >= 0.6 is 0 Å². The van der Waals surface area contributed by atoms with Crippen molar-refractivity contribution in [1.29, 1.82) is 0 Å². The van der Waals surface area contributed by atoms with Crippen molar-refractivity contribution in [1.82, 2.24) is 9.78 Å². The van der Waals surface area contributed by atoms with Gasteiger partial charge in [-0.05, 0) is 25.7 Å². The van der Waals surface area contributed by atoms with Gasteiger partial charge in [0.05, 0.1) is 23.9 Å². The average molecular weight is 265 g/mol. The fraction of sp³-hybridized carbons (Fsp3) is 0.692. The van der Waals surface area contributed by atoms with E-state index in [4.69, 9.17) is 15.6 Å². The van der Waals surface area contributed by atoms with Gasteiger partial charge in [0.25, 0.3) is 0 Å². The fourth-order valence-corrected chi connectivity index (χ4v) is 3.32. The quantitative estimate of drug-likeness (QED) is 0.867. The van der Waals surface area contributed by atoms with Crippen molar-refractivity contribution in [2.45, 2.75) is 56.8 Å².